The summed E-state index contributed by atoms with van der Waals surface area (Å²) in [5.74, 6) is 1.13. The van der Waals surface area contributed by atoms with Crippen LogP contribution in [0.3, 0.4) is 0 Å². The Morgan fingerprint density at radius 3 is 2.70 bits per heavy atom. The summed E-state index contributed by atoms with van der Waals surface area (Å²) >= 11 is 3.41. The standard InChI is InChI=1S/C21H18BrN3O2/c22-17-4-1-5-19(11-17)27-20-9-6-16(13-24-20)21(26)25(18-7-8-18)14-15-3-2-10-23-12-15/h1-6,9-13,18H,7-8,14H2. The normalized spacial score (nSPS) is 13.2. The van der Waals surface area contributed by atoms with Crippen molar-refractivity contribution in [1.29, 1.82) is 0 Å². The number of rotatable bonds is 6. The molecular formula is C21H18BrN3O2. The first-order valence-electron chi connectivity index (χ1n) is 8.78. The molecule has 0 spiro atoms. The van der Waals surface area contributed by atoms with E-state index in [-0.39, 0.29) is 5.91 Å². The number of benzene rings is 1. The molecule has 136 valence electrons. The van der Waals surface area contributed by atoms with Crippen LogP contribution in [0.25, 0.3) is 0 Å². The van der Waals surface area contributed by atoms with Gasteiger partial charge in [0.25, 0.3) is 5.91 Å². The first-order valence-corrected chi connectivity index (χ1v) is 9.58. The van der Waals surface area contributed by atoms with Crippen LogP contribution in [-0.2, 0) is 6.54 Å². The molecule has 2 heterocycles. The second-order valence-corrected chi connectivity index (χ2v) is 7.39. The fraction of sp³-hybridized carbons (Fsp3) is 0.190. The number of hydrogen-bond acceptors (Lipinski definition) is 4. The molecule has 0 saturated heterocycles. The molecule has 0 radical (unpaired) electrons. The summed E-state index contributed by atoms with van der Waals surface area (Å²) in [6, 6.07) is 15.2. The van der Waals surface area contributed by atoms with Crippen LogP contribution in [-0.4, -0.2) is 26.8 Å². The van der Waals surface area contributed by atoms with Crippen molar-refractivity contribution in [1.82, 2.24) is 14.9 Å². The first kappa shape index (κ1) is 17.7. The van der Waals surface area contributed by atoms with Crippen LogP contribution in [0.5, 0.6) is 11.6 Å². The molecule has 1 saturated carbocycles. The van der Waals surface area contributed by atoms with Crippen LogP contribution in [0.2, 0.25) is 0 Å². The van der Waals surface area contributed by atoms with E-state index in [4.69, 9.17) is 4.74 Å². The van der Waals surface area contributed by atoms with Crippen LogP contribution in [0.4, 0.5) is 0 Å². The molecule has 0 aliphatic heterocycles. The summed E-state index contributed by atoms with van der Waals surface area (Å²) in [6.07, 6.45) is 7.21. The van der Waals surface area contributed by atoms with Gasteiger partial charge in [-0.05, 0) is 48.7 Å². The van der Waals surface area contributed by atoms with Crippen molar-refractivity contribution in [3.63, 3.8) is 0 Å². The van der Waals surface area contributed by atoms with Crippen LogP contribution in [0.15, 0.2) is 71.6 Å². The highest BCUT2D eigenvalue weighted by Gasteiger charge is 2.33. The molecule has 0 unspecified atom stereocenters. The summed E-state index contributed by atoms with van der Waals surface area (Å²) in [7, 11) is 0. The Morgan fingerprint density at radius 2 is 2.04 bits per heavy atom. The molecule has 6 heteroatoms. The highest BCUT2D eigenvalue weighted by Crippen LogP contribution is 2.30. The zero-order valence-electron chi connectivity index (χ0n) is 14.6. The van der Waals surface area contributed by atoms with Crippen molar-refractivity contribution in [2.75, 3.05) is 0 Å². The molecule has 1 amide bonds. The molecule has 1 aliphatic carbocycles. The lowest BCUT2D eigenvalue weighted by Gasteiger charge is -2.22. The fourth-order valence-corrected chi connectivity index (χ4v) is 3.20. The summed E-state index contributed by atoms with van der Waals surface area (Å²) in [6.45, 7) is 0.563. The molecule has 5 nitrogen and oxygen atoms in total. The van der Waals surface area contributed by atoms with Crippen molar-refractivity contribution < 1.29 is 9.53 Å². The van der Waals surface area contributed by atoms with Crippen molar-refractivity contribution in [3.05, 3.63) is 82.7 Å². The number of pyridine rings is 2. The van der Waals surface area contributed by atoms with E-state index in [0.717, 1.165) is 22.9 Å². The minimum absolute atomic E-state index is 0.0112. The number of ether oxygens (including phenoxy) is 1. The third-order valence-corrected chi connectivity index (χ3v) is 4.82. The third kappa shape index (κ3) is 4.52. The van der Waals surface area contributed by atoms with E-state index in [1.807, 2.05) is 41.3 Å². The van der Waals surface area contributed by atoms with Crippen molar-refractivity contribution in [2.24, 2.45) is 0 Å². The molecule has 1 aliphatic rings. The van der Waals surface area contributed by atoms with Gasteiger partial charge in [-0.25, -0.2) is 4.98 Å². The van der Waals surface area contributed by atoms with Gasteiger partial charge in [-0.15, -0.1) is 0 Å². The highest BCUT2D eigenvalue weighted by molar-refractivity contribution is 9.10. The van der Waals surface area contributed by atoms with E-state index in [0.29, 0.717) is 29.8 Å². The average Bonchev–Trinajstić information content (AvgIpc) is 3.52. The lowest BCUT2D eigenvalue weighted by atomic mass is 10.2. The van der Waals surface area contributed by atoms with Gasteiger partial charge in [0.2, 0.25) is 5.88 Å². The Morgan fingerprint density at radius 1 is 1.15 bits per heavy atom. The second-order valence-electron chi connectivity index (χ2n) is 6.47. The lowest BCUT2D eigenvalue weighted by Crippen LogP contribution is -2.32. The van der Waals surface area contributed by atoms with E-state index in [9.17, 15) is 4.79 Å². The van der Waals surface area contributed by atoms with Gasteiger partial charge in [-0.3, -0.25) is 9.78 Å². The van der Waals surface area contributed by atoms with E-state index in [1.165, 1.54) is 0 Å². The molecule has 4 rings (SSSR count). The first-order chi connectivity index (χ1) is 13.2. The predicted molar refractivity (Wildman–Crippen MR) is 106 cm³/mol. The van der Waals surface area contributed by atoms with Gasteiger partial charge in [0.1, 0.15) is 5.75 Å². The van der Waals surface area contributed by atoms with Crippen LogP contribution in [0, 0.1) is 0 Å². The Balaban J connectivity index is 1.47. The monoisotopic (exact) mass is 423 g/mol. The molecule has 2 aromatic heterocycles. The van der Waals surface area contributed by atoms with Gasteiger partial charge < -0.3 is 9.64 Å². The van der Waals surface area contributed by atoms with Gasteiger partial charge in [0.15, 0.2) is 0 Å². The van der Waals surface area contributed by atoms with E-state index in [1.54, 1.807) is 30.7 Å². The van der Waals surface area contributed by atoms with Gasteiger partial charge in [0.05, 0.1) is 5.56 Å². The summed E-state index contributed by atoms with van der Waals surface area (Å²) in [5, 5.41) is 0. The maximum Gasteiger partial charge on any atom is 0.255 e. The molecule has 0 N–H and O–H groups in total. The van der Waals surface area contributed by atoms with Crippen LogP contribution >= 0.6 is 15.9 Å². The largest absolute Gasteiger partial charge is 0.439 e. The number of halogens is 1. The van der Waals surface area contributed by atoms with E-state index < -0.39 is 0 Å². The summed E-state index contributed by atoms with van der Waals surface area (Å²) in [4.78, 5) is 23.3. The van der Waals surface area contributed by atoms with Gasteiger partial charge in [-0.1, -0.05) is 28.1 Å². The maximum atomic E-state index is 13.0. The molecule has 1 aromatic carbocycles. The van der Waals surface area contributed by atoms with Gasteiger partial charge in [0, 0.05) is 41.7 Å². The fourth-order valence-electron chi connectivity index (χ4n) is 2.83. The number of carbonyl (C=O) groups is 1. The average molecular weight is 424 g/mol. The number of hydrogen-bond donors (Lipinski definition) is 0. The zero-order chi connectivity index (χ0) is 18.6. The van der Waals surface area contributed by atoms with E-state index in [2.05, 4.69) is 25.9 Å². The van der Waals surface area contributed by atoms with E-state index >= 15 is 0 Å². The highest BCUT2D eigenvalue weighted by atomic mass is 79.9. The third-order valence-electron chi connectivity index (χ3n) is 4.33. The zero-order valence-corrected chi connectivity index (χ0v) is 16.2. The van der Waals surface area contributed by atoms with Crippen LogP contribution in [0.1, 0.15) is 28.8 Å². The number of nitrogens with zero attached hydrogens (tertiary/aromatic N) is 3. The van der Waals surface area contributed by atoms with Crippen molar-refractivity contribution in [3.8, 4) is 11.6 Å². The number of aromatic nitrogens is 2. The smallest absolute Gasteiger partial charge is 0.255 e. The minimum Gasteiger partial charge on any atom is -0.439 e. The lowest BCUT2D eigenvalue weighted by molar-refractivity contribution is 0.0729. The SMILES string of the molecule is O=C(c1ccc(Oc2cccc(Br)c2)nc1)N(Cc1cccnc1)C1CC1. The van der Waals surface area contributed by atoms with Gasteiger partial charge in [-0.2, -0.15) is 0 Å². The Labute approximate surface area is 166 Å². The van der Waals surface area contributed by atoms with Gasteiger partial charge >= 0.3 is 0 Å². The maximum absolute atomic E-state index is 13.0. The predicted octanol–water partition coefficient (Wildman–Crippen LogP) is 4.84. The molecule has 1 fully saturated rings. The summed E-state index contributed by atoms with van der Waals surface area (Å²) < 4.78 is 6.67. The minimum atomic E-state index is -0.0112. The Kier molecular flexibility index (Phi) is 5.16. The quantitative estimate of drug-likeness (QED) is 0.569. The number of carbonyl (C=O) groups excluding carboxylic acids is 1. The molecule has 27 heavy (non-hydrogen) atoms. The van der Waals surface area contributed by atoms with Crippen LogP contribution < -0.4 is 4.74 Å². The Hall–Kier alpha value is -2.73. The molecule has 0 bridgehead atoms. The van der Waals surface area contributed by atoms with Crippen molar-refractivity contribution >= 4 is 21.8 Å². The molecule has 0 atom stereocenters. The van der Waals surface area contributed by atoms with Crippen molar-refractivity contribution in [2.45, 2.75) is 25.4 Å². The molecule has 3 aromatic rings. The Bertz CT molecular complexity index is 928. The topological polar surface area (TPSA) is 55.3 Å². The molecular weight excluding hydrogens is 406 g/mol. The second kappa shape index (κ2) is 7.88. The number of amides is 1. The summed E-state index contributed by atoms with van der Waals surface area (Å²) in [5.41, 5.74) is 1.59.